The predicted octanol–water partition coefficient (Wildman–Crippen LogP) is 1.78. The molecule has 1 N–H and O–H groups in total. The summed E-state index contributed by atoms with van der Waals surface area (Å²) in [6.45, 7) is 2.49. The number of nitrogens with zero attached hydrogens (tertiary/aromatic N) is 6. The molecule has 9 nitrogen and oxygen atoms in total. The molecule has 0 radical (unpaired) electrons. The Hall–Kier alpha value is -3.49. The van der Waals surface area contributed by atoms with Crippen molar-refractivity contribution in [2.45, 2.75) is 19.4 Å². The maximum absolute atomic E-state index is 13.2. The minimum atomic E-state index is -0.518. The monoisotopic (exact) mass is 363 g/mol. The van der Waals surface area contributed by atoms with Crippen LogP contribution in [0.3, 0.4) is 0 Å². The van der Waals surface area contributed by atoms with Gasteiger partial charge in [0.2, 0.25) is 11.7 Å². The highest BCUT2D eigenvalue weighted by Gasteiger charge is 2.39. The Bertz CT molecular complexity index is 1160. The highest BCUT2D eigenvalue weighted by molar-refractivity contribution is 5.91. The summed E-state index contributed by atoms with van der Waals surface area (Å²) in [5.74, 6) is 0.488. The number of aryl methyl sites for hydroxylation is 2. The number of para-hydroxylation sites is 1. The summed E-state index contributed by atoms with van der Waals surface area (Å²) in [5, 5.41) is 4.01. The van der Waals surface area contributed by atoms with Crippen LogP contribution in [-0.4, -0.2) is 47.1 Å². The van der Waals surface area contributed by atoms with Gasteiger partial charge in [-0.15, -0.1) is 0 Å². The molecule has 1 aromatic carbocycles. The first-order chi connectivity index (χ1) is 13.1. The van der Waals surface area contributed by atoms with Gasteiger partial charge in [-0.25, -0.2) is 19.6 Å². The van der Waals surface area contributed by atoms with Gasteiger partial charge in [-0.3, -0.25) is 4.79 Å². The fourth-order valence-electron chi connectivity index (χ4n) is 3.58. The molecule has 5 rings (SSSR count). The van der Waals surface area contributed by atoms with Gasteiger partial charge in [0.25, 0.3) is 5.91 Å². The summed E-state index contributed by atoms with van der Waals surface area (Å²) in [7, 11) is 1.70. The van der Waals surface area contributed by atoms with Crippen LogP contribution in [0.5, 0.6) is 0 Å². The second-order valence-corrected chi connectivity index (χ2v) is 6.60. The minimum Gasteiger partial charge on any atom is -0.438 e. The minimum absolute atomic E-state index is 0.229. The molecule has 9 heteroatoms. The zero-order valence-corrected chi connectivity index (χ0v) is 14.9. The fourth-order valence-corrected chi connectivity index (χ4v) is 3.58. The van der Waals surface area contributed by atoms with Gasteiger partial charge in [0, 0.05) is 25.7 Å². The number of carbonyl (C=O) groups is 1. The average Bonchev–Trinajstić information content (AvgIpc) is 3.39. The number of nitrogens with one attached hydrogen (secondary N) is 1. The van der Waals surface area contributed by atoms with Gasteiger partial charge in [-0.05, 0) is 18.6 Å². The van der Waals surface area contributed by atoms with Crippen LogP contribution in [0, 0.1) is 6.92 Å². The van der Waals surface area contributed by atoms with E-state index >= 15 is 0 Å². The summed E-state index contributed by atoms with van der Waals surface area (Å²) in [5.41, 5.74) is 4.24. The Morgan fingerprint density at radius 1 is 1.33 bits per heavy atom. The molecule has 1 aliphatic rings. The van der Waals surface area contributed by atoms with Gasteiger partial charge in [-0.1, -0.05) is 12.1 Å². The first-order valence-corrected chi connectivity index (χ1v) is 8.66. The van der Waals surface area contributed by atoms with E-state index in [0.717, 1.165) is 22.5 Å². The Morgan fingerprint density at radius 3 is 3.00 bits per heavy atom. The van der Waals surface area contributed by atoms with Crippen molar-refractivity contribution in [3.05, 3.63) is 59.5 Å². The second-order valence-electron chi connectivity index (χ2n) is 6.60. The first-order valence-electron chi connectivity index (χ1n) is 8.66. The van der Waals surface area contributed by atoms with E-state index in [-0.39, 0.29) is 11.7 Å². The lowest BCUT2D eigenvalue weighted by atomic mass is 10.0. The Morgan fingerprint density at radius 2 is 2.22 bits per heavy atom. The van der Waals surface area contributed by atoms with Gasteiger partial charge in [-0.2, -0.15) is 5.10 Å². The lowest BCUT2D eigenvalue weighted by Crippen LogP contribution is -2.42. The van der Waals surface area contributed by atoms with E-state index in [1.54, 1.807) is 18.3 Å². The SMILES string of the molecule is Cc1cccc2oc([C@@H]3c4nc[nH]c4CCN3C(=O)c3ncnn3C)nc12. The number of benzene rings is 1. The molecule has 1 atom stereocenters. The zero-order chi connectivity index (χ0) is 18.5. The highest BCUT2D eigenvalue weighted by Crippen LogP contribution is 2.35. The molecule has 0 saturated heterocycles. The molecule has 136 valence electrons. The summed E-state index contributed by atoms with van der Waals surface area (Å²) in [6, 6.07) is 5.27. The number of oxazole rings is 1. The van der Waals surface area contributed by atoms with E-state index in [1.807, 2.05) is 25.1 Å². The molecule has 0 saturated carbocycles. The van der Waals surface area contributed by atoms with E-state index in [4.69, 9.17) is 9.40 Å². The van der Waals surface area contributed by atoms with Crippen LogP contribution in [-0.2, 0) is 13.5 Å². The first kappa shape index (κ1) is 15.7. The van der Waals surface area contributed by atoms with Crippen molar-refractivity contribution in [3.63, 3.8) is 0 Å². The molecule has 0 unspecified atom stereocenters. The van der Waals surface area contributed by atoms with Crippen molar-refractivity contribution in [3.8, 4) is 0 Å². The average molecular weight is 363 g/mol. The molecule has 3 aromatic heterocycles. The van der Waals surface area contributed by atoms with Gasteiger partial charge in [0.1, 0.15) is 11.8 Å². The highest BCUT2D eigenvalue weighted by atomic mass is 16.4. The summed E-state index contributed by atoms with van der Waals surface area (Å²) in [6.07, 6.45) is 3.69. The predicted molar refractivity (Wildman–Crippen MR) is 94.9 cm³/mol. The third-order valence-electron chi connectivity index (χ3n) is 4.96. The molecule has 4 aromatic rings. The Balaban J connectivity index is 1.66. The molecule has 1 amide bonds. The molecule has 0 spiro atoms. The Labute approximate surface area is 154 Å². The third-order valence-corrected chi connectivity index (χ3v) is 4.96. The van der Waals surface area contributed by atoms with Crippen LogP contribution < -0.4 is 0 Å². The van der Waals surface area contributed by atoms with Crippen molar-refractivity contribution in [2.75, 3.05) is 6.54 Å². The molecule has 0 aliphatic carbocycles. The maximum Gasteiger partial charge on any atom is 0.292 e. The quantitative estimate of drug-likeness (QED) is 0.582. The van der Waals surface area contributed by atoms with Gasteiger partial charge in [0.15, 0.2) is 11.6 Å². The fraction of sp³-hybridized carbons (Fsp3) is 0.278. The molecular formula is C18H17N7O2. The summed E-state index contributed by atoms with van der Waals surface area (Å²) in [4.78, 5) is 31.3. The summed E-state index contributed by atoms with van der Waals surface area (Å²) < 4.78 is 7.51. The second kappa shape index (κ2) is 5.76. The number of aromatic amines is 1. The van der Waals surface area contributed by atoms with E-state index in [1.165, 1.54) is 11.0 Å². The van der Waals surface area contributed by atoms with Crippen LogP contribution in [0.1, 0.15) is 39.5 Å². The largest absolute Gasteiger partial charge is 0.438 e. The van der Waals surface area contributed by atoms with Gasteiger partial charge >= 0.3 is 0 Å². The van der Waals surface area contributed by atoms with Crippen LogP contribution in [0.4, 0.5) is 0 Å². The third kappa shape index (κ3) is 2.35. The van der Waals surface area contributed by atoms with Crippen molar-refractivity contribution < 1.29 is 9.21 Å². The van der Waals surface area contributed by atoms with E-state index < -0.39 is 6.04 Å². The smallest absolute Gasteiger partial charge is 0.292 e. The number of imidazole rings is 1. The van der Waals surface area contributed by atoms with Crippen LogP contribution in [0.2, 0.25) is 0 Å². The van der Waals surface area contributed by atoms with Gasteiger partial charge < -0.3 is 14.3 Å². The van der Waals surface area contributed by atoms with Crippen molar-refractivity contribution in [2.24, 2.45) is 7.05 Å². The van der Waals surface area contributed by atoms with Crippen molar-refractivity contribution in [1.29, 1.82) is 0 Å². The van der Waals surface area contributed by atoms with E-state index in [9.17, 15) is 4.79 Å². The topological polar surface area (TPSA) is 106 Å². The van der Waals surface area contributed by atoms with Crippen molar-refractivity contribution in [1.82, 2.24) is 34.6 Å². The van der Waals surface area contributed by atoms with Crippen LogP contribution >= 0.6 is 0 Å². The Kier molecular flexibility index (Phi) is 3.36. The van der Waals surface area contributed by atoms with Crippen LogP contribution in [0.15, 0.2) is 35.3 Å². The van der Waals surface area contributed by atoms with Crippen LogP contribution in [0.25, 0.3) is 11.1 Å². The molecule has 4 heterocycles. The number of H-pyrrole nitrogens is 1. The number of rotatable bonds is 2. The number of fused-ring (bicyclic) bond motifs is 2. The number of aromatic nitrogens is 6. The molecule has 0 fully saturated rings. The standard InChI is InChI=1S/C18H17N7O2/c1-10-4-3-5-12-13(10)23-17(27-12)15-14-11(19-8-20-14)6-7-25(15)18(26)16-21-9-22-24(16)2/h3-5,8-9,15H,6-7H2,1-2H3,(H,19,20)/t15-/m0/s1. The molecule has 0 bridgehead atoms. The summed E-state index contributed by atoms with van der Waals surface area (Å²) >= 11 is 0. The number of hydrogen-bond donors (Lipinski definition) is 1. The lowest BCUT2D eigenvalue weighted by Gasteiger charge is -2.32. The van der Waals surface area contributed by atoms with Crippen molar-refractivity contribution >= 4 is 17.0 Å². The molecule has 1 aliphatic heterocycles. The lowest BCUT2D eigenvalue weighted by molar-refractivity contribution is 0.0650. The number of amides is 1. The number of carbonyl (C=O) groups excluding carboxylic acids is 1. The van der Waals surface area contributed by atoms with E-state index in [0.29, 0.717) is 24.4 Å². The maximum atomic E-state index is 13.2. The molecular weight excluding hydrogens is 346 g/mol. The van der Waals surface area contributed by atoms with Gasteiger partial charge in [0.05, 0.1) is 12.0 Å². The molecule has 27 heavy (non-hydrogen) atoms. The number of hydrogen-bond acceptors (Lipinski definition) is 6. The van der Waals surface area contributed by atoms with E-state index in [2.05, 4.69) is 20.1 Å². The zero-order valence-electron chi connectivity index (χ0n) is 14.9. The normalized spacial score (nSPS) is 16.7.